The fourth-order valence-electron chi connectivity index (χ4n) is 3.03. The highest BCUT2D eigenvalue weighted by atomic mass is 16.6. The number of rotatable bonds is 8. The highest BCUT2D eigenvalue weighted by molar-refractivity contribution is 5.99. The third-order valence-corrected chi connectivity index (χ3v) is 4.34. The molecule has 3 rings (SSSR count). The summed E-state index contributed by atoms with van der Waals surface area (Å²) < 4.78 is 0. The number of quaternary nitrogens is 1. The number of nitrogens with two attached hydrogens (primary N) is 1. The molecule has 31 heavy (non-hydrogen) atoms. The Kier molecular flexibility index (Phi) is 13.2. The molecule has 172 valence electrons. The van der Waals surface area contributed by atoms with Crippen LogP contribution in [0.1, 0.15) is 58.1 Å². The molecule has 1 aliphatic heterocycles. The largest absolute Gasteiger partial charge is 0.326 e. The number of carbonyl (C=O) groups excluding carboxylic acids is 1. The predicted octanol–water partition coefficient (Wildman–Crippen LogP) is 4.80. The lowest BCUT2D eigenvalue weighted by atomic mass is 10.1. The van der Waals surface area contributed by atoms with E-state index in [1.807, 2.05) is 24.3 Å². The van der Waals surface area contributed by atoms with Crippen molar-refractivity contribution in [1.82, 2.24) is 5.01 Å². The third kappa shape index (κ3) is 10.4. The van der Waals surface area contributed by atoms with E-state index in [0.29, 0.717) is 6.42 Å². The zero-order chi connectivity index (χ0) is 23.1. The summed E-state index contributed by atoms with van der Waals surface area (Å²) in [5.74, 6) is 0.0844. The van der Waals surface area contributed by atoms with Gasteiger partial charge in [0.25, 0.3) is 0 Å². The van der Waals surface area contributed by atoms with E-state index in [1.54, 1.807) is 12.6 Å². The average Bonchev–Trinajstić information content (AvgIpc) is 3.11. The van der Waals surface area contributed by atoms with Gasteiger partial charge in [0.05, 0.1) is 13.5 Å². The zero-order valence-corrected chi connectivity index (χ0v) is 20.1. The first kappa shape index (κ1) is 26.6. The lowest BCUT2D eigenvalue weighted by Crippen LogP contribution is -2.75. The van der Waals surface area contributed by atoms with Gasteiger partial charge in [-0.15, -0.1) is 0 Å². The van der Waals surface area contributed by atoms with Gasteiger partial charge in [0.1, 0.15) is 0 Å². The van der Waals surface area contributed by atoms with Crippen molar-refractivity contribution in [3.05, 3.63) is 53.6 Å². The molecule has 1 heterocycles. The molecule has 0 spiro atoms. The van der Waals surface area contributed by atoms with Gasteiger partial charge < -0.3 is 10.7 Å². The van der Waals surface area contributed by atoms with Crippen molar-refractivity contribution in [2.45, 2.75) is 60.3 Å². The Morgan fingerprint density at radius 1 is 1.03 bits per heavy atom. The van der Waals surface area contributed by atoms with Crippen LogP contribution in [0.3, 0.4) is 0 Å². The molecule has 0 saturated carbocycles. The Hall–Kier alpha value is -2.41. The van der Waals surface area contributed by atoms with Crippen LogP contribution in [-0.2, 0) is 16.1 Å². The Morgan fingerprint density at radius 3 is 2.19 bits per heavy atom. The minimum atomic E-state index is 0.0844. The normalized spacial score (nSPS) is 11.6. The molecule has 4 N–H and O–H groups in total. The van der Waals surface area contributed by atoms with E-state index >= 15 is 0 Å². The number of carbonyl (C=O) groups is 1. The second-order valence-electron chi connectivity index (χ2n) is 7.67. The number of fused-ring (bicyclic) bond motifs is 1. The number of nitrogens with one attached hydrogen (secondary N) is 2. The highest BCUT2D eigenvalue weighted by Gasteiger charge is 2.17. The average molecular weight is 430 g/mol. The van der Waals surface area contributed by atoms with E-state index < -0.39 is 0 Å². The van der Waals surface area contributed by atoms with Crippen molar-refractivity contribution in [3.8, 4) is 0 Å². The summed E-state index contributed by atoms with van der Waals surface area (Å²) in [6.07, 6.45) is 3.99. The lowest BCUT2D eigenvalue weighted by molar-refractivity contribution is -0.830. The molecule has 0 fully saturated rings. The molecular weight excluding hydrogens is 388 g/mol. The monoisotopic (exact) mass is 429 g/mol. The molecule has 0 atom stereocenters. The topological polar surface area (TPSA) is 70.2 Å². The van der Waals surface area contributed by atoms with Crippen molar-refractivity contribution in [3.63, 3.8) is 0 Å². The molecule has 2 aromatic carbocycles. The number of hydrazine groups is 1. The molecule has 0 unspecified atom stereocenters. The van der Waals surface area contributed by atoms with Gasteiger partial charge in [-0.1, -0.05) is 51.8 Å². The number of aryl methyl sites for hydroxylation is 1. The number of anilines is 2. The van der Waals surface area contributed by atoms with E-state index in [1.165, 1.54) is 12.0 Å². The Balaban J connectivity index is 0.000000311. The van der Waals surface area contributed by atoms with Crippen LogP contribution in [0.25, 0.3) is 0 Å². The maximum atomic E-state index is 11.3. The number of benzene rings is 2. The van der Waals surface area contributed by atoms with Gasteiger partial charge in [-0.25, -0.2) is 9.85 Å². The van der Waals surface area contributed by atoms with Crippen molar-refractivity contribution in [1.29, 1.82) is 0 Å². The first-order valence-corrected chi connectivity index (χ1v) is 11.3. The van der Waals surface area contributed by atoms with E-state index in [0.717, 1.165) is 48.6 Å². The van der Waals surface area contributed by atoms with Crippen LogP contribution in [0, 0.1) is 6.92 Å². The summed E-state index contributed by atoms with van der Waals surface area (Å²) in [7, 11) is 1.65. The molecule has 0 aromatic heterocycles. The van der Waals surface area contributed by atoms with E-state index in [4.69, 9.17) is 4.84 Å². The van der Waals surface area contributed by atoms with Crippen molar-refractivity contribution < 1.29 is 15.1 Å². The number of nitrogens with zero attached hydrogens (tertiary/aromatic N) is 1. The van der Waals surface area contributed by atoms with E-state index in [2.05, 4.69) is 68.6 Å². The number of hydrogen-bond donors (Lipinski definition) is 3. The van der Waals surface area contributed by atoms with Crippen LogP contribution in [0.15, 0.2) is 42.5 Å². The number of hydrogen-bond acceptors (Lipinski definition) is 4. The summed E-state index contributed by atoms with van der Waals surface area (Å²) in [6, 6.07) is 14.2. The molecule has 1 amide bonds. The van der Waals surface area contributed by atoms with Crippen molar-refractivity contribution in [2.75, 3.05) is 30.9 Å². The number of amides is 1. The summed E-state index contributed by atoms with van der Waals surface area (Å²) in [5, 5.41) is 5.08. The van der Waals surface area contributed by atoms with Gasteiger partial charge in [0, 0.05) is 36.6 Å². The standard InChI is InChI=1S/C14H21N3O.C8H11NO.C3H8/c1-3-7-17(8-4-2)16-12-5-6-13-11(9-12)10-14(18)15-13;1-7-3-5-8(6-4-7)9-10-2;1-3-2/h5-6,9,16H,3-4,7-8,10H2,1-2H3,(H,15,18);3-6,9H,1-2H3;3H2,1-2H3/p+1. The lowest BCUT2D eigenvalue weighted by Gasteiger charge is -2.23. The molecule has 0 radical (unpaired) electrons. The minimum Gasteiger partial charge on any atom is -0.326 e. The Bertz CT molecular complexity index is 757. The van der Waals surface area contributed by atoms with Crippen molar-refractivity contribution in [2.24, 2.45) is 0 Å². The van der Waals surface area contributed by atoms with Crippen LogP contribution in [0.2, 0.25) is 0 Å². The van der Waals surface area contributed by atoms with Gasteiger partial charge in [0.2, 0.25) is 5.91 Å². The predicted molar refractivity (Wildman–Crippen MR) is 130 cm³/mol. The Labute approximate surface area is 188 Å². The van der Waals surface area contributed by atoms with Crippen LogP contribution in [-0.4, -0.2) is 31.1 Å². The summed E-state index contributed by atoms with van der Waals surface area (Å²) in [4.78, 5) is 16.1. The second-order valence-corrected chi connectivity index (χ2v) is 7.67. The van der Waals surface area contributed by atoms with Gasteiger partial charge in [0.15, 0.2) is 5.69 Å². The third-order valence-electron chi connectivity index (χ3n) is 4.34. The van der Waals surface area contributed by atoms with Gasteiger partial charge in [-0.3, -0.25) is 4.79 Å². The van der Waals surface area contributed by atoms with Crippen molar-refractivity contribution >= 4 is 23.0 Å². The zero-order valence-electron chi connectivity index (χ0n) is 20.1. The van der Waals surface area contributed by atoms with Gasteiger partial charge in [-0.2, -0.15) is 5.48 Å². The van der Waals surface area contributed by atoms with Crippen LogP contribution >= 0.6 is 0 Å². The molecule has 6 heteroatoms. The highest BCUT2D eigenvalue weighted by Crippen LogP contribution is 2.26. The molecule has 2 aromatic rings. The summed E-state index contributed by atoms with van der Waals surface area (Å²) >= 11 is 0. The van der Waals surface area contributed by atoms with Crippen LogP contribution < -0.4 is 16.2 Å². The van der Waals surface area contributed by atoms with E-state index in [9.17, 15) is 4.79 Å². The maximum Gasteiger partial charge on any atom is 0.228 e. The molecule has 0 aliphatic carbocycles. The summed E-state index contributed by atoms with van der Waals surface area (Å²) in [5.41, 5.74) is 10.6. The first-order valence-electron chi connectivity index (χ1n) is 11.3. The molecule has 6 nitrogen and oxygen atoms in total. The van der Waals surface area contributed by atoms with Crippen LogP contribution in [0.5, 0.6) is 0 Å². The van der Waals surface area contributed by atoms with Crippen LogP contribution in [0.4, 0.5) is 17.1 Å². The molecule has 0 bridgehead atoms. The quantitative estimate of drug-likeness (QED) is 0.416. The fraction of sp³-hybridized carbons (Fsp3) is 0.480. The summed E-state index contributed by atoms with van der Waals surface area (Å²) in [6.45, 7) is 12.7. The maximum absolute atomic E-state index is 11.3. The first-order chi connectivity index (χ1) is 15.0. The minimum absolute atomic E-state index is 0.0844. The fourth-order valence-corrected chi connectivity index (χ4v) is 3.03. The Morgan fingerprint density at radius 2 is 1.65 bits per heavy atom. The smallest absolute Gasteiger partial charge is 0.228 e. The molecule has 1 aliphatic rings. The molecule has 0 saturated heterocycles. The van der Waals surface area contributed by atoms with Gasteiger partial charge in [-0.05, 0) is 43.5 Å². The van der Waals surface area contributed by atoms with E-state index in [-0.39, 0.29) is 5.91 Å². The van der Waals surface area contributed by atoms with Gasteiger partial charge >= 0.3 is 0 Å². The molecular formula is C25H41N4O2+. The SMILES string of the molecule is CCC.CCCN(CCC)Nc1ccc2c(c1)CC(=O)N2.CO[NH2+]c1ccc(C)cc1. The second kappa shape index (κ2) is 15.4.